The molecule has 0 spiro atoms. The van der Waals surface area contributed by atoms with Crippen LogP contribution in [-0.4, -0.2) is 11.5 Å². The molecule has 4 nitrogen and oxygen atoms in total. The normalized spacial score (nSPS) is 19.2. The van der Waals surface area contributed by atoms with Crippen LogP contribution in [0.4, 0.5) is 0 Å². The highest BCUT2D eigenvalue weighted by molar-refractivity contribution is 6.05. The Morgan fingerprint density at radius 2 is 2.06 bits per heavy atom. The number of hydrogen-bond acceptors (Lipinski definition) is 4. The van der Waals surface area contributed by atoms with Crippen molar-refractivity contribution in [1.82, 2.24) is 0 Å². The first kappa shape index (κ1) is 11.3. The molecule has 1 atom stereocenters. The lowest BCUT2D eigenvalue weighted by Crippen LogP contribution is -2.26. The summed E-state index contributed by atoms with van der Waals surface area (Å²) >= 11 is 0. The zero-order valence-corrected chi connectivity index (χ0v) is 9.72. The third-order valence-electron chi connectivity index (χ3n) is 2.93. The first-order chi connectivity index (χ1) is 8.24. The van der Waals surface area contributed by atoms with Crippen molar-refractivity contribution in [3.05, 3.63) is 35.4 Å². The zero-order chi connectivity index (χ0) is 12.3. The highest BCUT2D eigenvalue weighted by Crippen LogP contribution is 2.20. The number of hydrogen-bond donors (Lipinski definition) is 1. The van der Waals surface area contributed by atoms with E-state index in [0.717, 1.165) is 24.1 Å². The average Bonchev–Trinajstić information content (AvgIpc) is 2.39. The van der Waals surface area contributed by atoms with Gasteiger partial charge in [-0.15, -0.1) is 5.10 Å². The van der Waals surface area contributed by atoms with Crippen LogP contribution in [0.25, 0.3) is 0 Å². The topological polar surface area (TPSA) is 74.5 Å². The van der Waals surface area contributed by atoms with E-state index in [9.17, 15) is 0 Å². The summed E-state index contributed by atoms with van der Waals surface area (Å²) in [6.07, 6.45) is 1.74. The van der Waals surface area contributed by atoms with Crippen LogP contribution in [0.15, 0.2) is 34.5 Å². The number of benzene rings is 1. The zero-order valence-electron chi connectivity index (χ0n) is 9.72. The van der Waals surface area contributed by atoms with Crippen molar-refractivity contribution in [1.29, 1.82) is 5.26 Å². The van der Waals surface area contributed by atoms with Gasteiger partial charge in [0.25, 0.3) is 0 Å². The quantitative estimate of drug-likeness (QED) is 0.838. The molecular formula is C13H14N4. The fourth-order valence-electron chi connectivity index (χ4n) is 1.94. The van der Waals surface area contributed by atoms with Crippen molar-refractivity contribution in [2.45, 2.75) is 19.8 Å². The van der Waals surface area contributed by atoms with Gasteiger partial charge in [0, 0.05) is 12.3 Å². The van der Waals surface area contributed by atoms with E-state index in [2.05, 4.69) is 23.2 Å². The van der Waals surface area contributed by atoms with Gasteiger partial charge >= 0.3 is 0 Å². The van der Waals surface area contributed by atoms with Crippen molar-refractivity contribution < 1.29 is 0 Å². The van der Waals surface area contributed by atoms with E-state index in [-0.39, 0.29) is 0 Å². The van der Waals surface area contributed by atoms with Gasteiger partial charge in [-0.3, -0.25) is 0 Å². The van der Waals surface area contributed by atoms with Gasteiger partial charge in [-0.25, -0.2) is 0 Å². The summed E-state index contributed by atoms with van der Waals surface area (Å²) in [5.74, 6) is 0.912. The fraction of sp³-hybridized carbons (Fsp3) is 0.308. The molecule has 0 amide bonds. The van der Waals surface area contributed by atoms with E-state index in [4.69, 9.17) is 11.0 Å². The minimum absolute atomic E-state index is 0.320. The molecule has 0 aromatic heterocycles. The molecular weight excluding hydrogens is 212 g/mol. The maximum absolute atomic E-state index is 8.75. The second kappa shape index (κ2) is 4.79. The van der Waals surface area contributed by atoms with E-state index in [1.165, 1.54) is 0 Å². The molecule has 0 radical (unpaired) electrons. The minimum Gasteiger partial charge on any atom is -0.386 e. The lowest BCUT2D eigenvalue weighted by molar-refractivity contribution is 0.677. The summed E-state index contributed by atoms with van der Waals surface area (Å²) in [6.45, 7) is 2.11. The molecule has 2 N–H and O–H groups in total. The number of rotatable bonds is 2. The van der Waals surface area contributed by atoms with E-state index >= 15 is 0 Å². The number of amidine groups is 1. The van der Waals surface area contributed by atoms with Crippen LogP contribution in [-0.2, 0) is 0 Å². The summed E-state index contributed by atoms with van der Waals surface area (Å²) in [4.78, 5) is 0. The number of nitrogens with zero attached hydrogens (tertiary/aromatic N) is 3. The van der Waals surface area contributed by atoms with Crippen molar-refractivity contribution in [2.75, 3.05) is 0 Å². The maximum atomic E-state index is 8.75. The van der Waals surface area contributed by atoms with Crippen molar-refractivity contribution in [3.63, 3.8) is 0 Å². The number of nitriles is 1. The van der Waals surface area contributed by atoms with Crippen LogP contribution in [0.5, 0.6) is 0 Å². The molecule has 0 saturated heterocycles. The summed E-state index contributed by atoms with van der Waals surface area (Å²) in [6, 6.07) is 9.53. The predicted octanol–water partition coefficient (Wildman–Crippen LogP) is 2.05. The Morgan fingerprint density at radius 3 is 2.65 bits per heavy atom. The molecule has 86 valence electrons. The van der Waals surface area contributed by atoms with Gasteiger partial charge in [-0.2, -0.15) is 10.4 Å². The molecule has 4 heteroatoms. The molecule has 0 aliphatic carbocycles. The molecule has 1 aromatic carbocycles. The molecule has 1 aliphatic heterocycles. The van der Waals surface area contributed by atoms with Crippen molar-refractivity contribution >= 4 is 11.5 Å². The van der Waals surface area contributed by atoms with Crippen LogP contribution in [0.3, 0.4) is 0 Å². The van der Waals surface area contributed by atoms with Gasteiger partial charge in [-0.05, 0) is 24.1 Å². The van der Waals surface area contributed by atoms with Crippen LogP contribution in [0, 0.1) is 17.2 Å². The Hall–Kier alpha value is -2.15. The molecule has 0 saturated carbocycles. The van der Waals surface area contributed by atoms with Crippen LogP contribution < -0.4 is 5.73 Å². The molecule has 1 aromatic rings. The van der Waals surface area contributed by atoms with E-state index in [0.29, 0.717) is 17.3 Å². The monoisotopic (exact) mass is 226 g/mol. The molecule has 2 rings (SSSR count). The van der Waals surface area contributed by atoms with E-state index < -0.39 is 0 Å². The third-order valence-corrected chi connectivity index (χ3v) is 2.93. The smallest absolute Gasteiger partial charge is 0.123 e. The van der Waals surface area contributed by atoms with E-state index in [1.807, 2.05) is 12.1 Å². The Balaban J connectivity index is 2.34. The Morgan fingerprint density at radius 1 is 1.35 bits per heavy atom. The SMILES string of the molecule is CCC1CC(N)=NN=C1c1ccc(C#N)cc1. The van der Waals surface area contributed by atoms with Gasteiger partial charge in [0.15, 0.2) is 0 Å². The van der Waals surface area contributed by atoms with Crippen LogP contribution in [0.1, 0.15) is 30.9 Å². The maximum Gasteiger partial charge on any atom is 0.123 e. The summed E-state index contributed by atoms with van der Waals surface area (Å²) in [5.41, 5.74) is 8.32. The summed E-state index contributed by atoms with van der Waals surface area (Å²) in [7, 11) is 0. The van der Waals surface area contributed by atoms with Gasteiger partial charge in [-0.1, -0.05) is 19.1 Å². The minimum atomic E-state index is 0.320. The van der Waals surface area contributed by atoms with Gasteiger partial charge < -0.3 is 5.73 Å². The average molecular weight is 226 g/mol. The Bertz CT molecular complexity index is 505. The van der Waals surface area contributed by atoms with E-state index in [1.54, 1.807) is 12.1 Å². The van der Waals surface area contributed by atoms with Gasteiger partial charge in [0.2, 0.25) is 0 Å². The van der Waals surface area contributed by atoms with Gasteiger partial charge in [0.05, 0.1) is 17.3 Å². The molecule has 17 heavy (non-hydrogen) atoms. The Labute approximate surface area is 100 Å². The van der Waals surface area contributed by atoms with Crippen LogP contribution in [0.2, 0.25) is 0 Å². The standard InChI is InChI=1S/C13H14N4/c1-2-10-7-12(15)16-17-13(10)11-5-3-9(8-14)4-6-11/h3-6,10H,2,7H2,1H3,(H2,15,16). The van der Waals surface area contributed by atoms with Crippen LogP contribution >= 0.6 is 0 Å². The predicted molar refractivity (Wildman–Crippen MR) is 67.7 cm³/mol. The highest BCUT2D eigenvalue weighted by atomic mass is 15.2. The molecule has 1 unspecified atom stereocenters. The summed E-state index contributed by atoms with van der Waals surface area (Å²) < 4.78 is 0. The lowest BCUT2D eigenvalue weighted by Gasteiger charge is -2.19. The molecule has 0 bridgehead atoms. The molecule has 1 aliphatic rings. The first-order valence-corrected chi connectivity index (χ1v) is 5.65. The van der Waals surface area contributed by atoms with Crippen molar-refractivity contribution in [3.8, 4) is 6.07 Å². The largest absolute Gasteiger partial charge is 0.386 e. The molecule has 0 fully saturated rings. The second-order valence-corrected chi connectivity index (χ2v) is 4.08. The number of nitrogens with two attached hydrogens (primary N) is 1. The Kier molecular flexibility index (Phi) is 3.20. The lowest BCUT2D eigenvalue weighted by atomic mass is 9.90. The summed E-state index contributed by atoms with van der Waals surface area (Å²) in [5, 5.41) is 16.9. The second-order valence-electron chi connectivity index (χ2n) is 4.08. The first-order valence-electron chi connectivity index (χ1n) is 5.65. The van der Waals surface area contributed by atoms with Crippen molar-refractivity contribution in [2.24, 2.45) is 21.9 Å². The fourth-order valence-corrected chi connectivity index (χ4v) is 1.94. The third kappa shape index (κ3) is 2.34. The van der Waals surface area contributed by atoms with Gasteiger partial charge in [0.1, 0.15) is 5.84 Å². The highest BCUT2D eigenvalue weighted by Gasteiger charge is 2.21. The molecule has 1 heterocycles.